The van der Waals surface area contributed by atoms with Crippen molar-refractivity contribution in [1.29, 1.82) is 0 Å². The van der Waals surface area contributed by atoms with Gasteiger partial charge in [0.25, 0.3) is 5.91 Å². The van der Waals surface area contributed by atoms with Gasteiger partial charge in [0.1, 0.15) is 0 Å². The van der Waals surface area contributed by atoms with Crippen LogP contribution in [0.1, 0.15) is 40.4 Å². The van der Waals surface area contributed by atoms with Gasteiger partial charge < -0.3 is 10.4 Å². The number of nitrogens with one attached hydrogen (secondary N) is 1. The molecule has 3 nitrogen and oxygen atoms in total. The third-order valence-electron chi connectivity index (χ3n) is 3.40. The number of amides is 1. The third kappa shape index (κ3) is 2.90. The molecule has 0 saturated carbocycles. The zero-order valence-corrected chi connectivity index (χ0v) is 12.4. The molecular weight excluding hydrogens is 266 g/mol. The van der Waals surface area contributed by atoms with Crippen LogP contribution in [0.15, 0.2) is 6.07 Å². The predicted octanol–water partition coefficient (Wildman–Crippen LogP) is 2.43. The van der Waals surface area contributed by atoms with E-state index in [9.17, 15) is 9.90 Å². The molecule has 1 atom stereocenters. The summed E-state index contributed by atoms with van der Waals surface area (Å²) >= 11 is 3.52. The minimum absolute atomic E-state index is 0.0316. The maximum atomic E-state index is 12.2. The Kier molecular flexibility index (Phi) is 4.35. The van der Waals surface area contributed by atoms with Crippen LogP contribution in [-0.2, 0) is 12.2 Å². The first-order chi connectivity index (χ1) is 8.58. The minimum Gasteiger partial charge on any atom is -0.394 e. The van der Waals surface area contributed by atoms with Gasteiger partial charge in [-0.15, -0.1) is 11.3 Å². The lowest BCUT2D eigenvalue weighted by Gasteiger charge is -2.26. The van der Waals surface area contributed by atoms with Gasteiger partial charge >= 0.3 is 0 Å². The average Bonchev–Trinajstić information content (AvgIpc) is 2.82. The zero-order chi connectivity index (χ0) is 13.2. The molecule has 0 radical (unpaired) electrons. The van der Waals surface area contributed by atoms with Crippen LogP contribution in [-0.4, -0.2) is 28.9 Å². The summed E-state index contributed by atoms with van der Waals surface area (Å²) in [6, 6.07) is 2.01. The van der Waals surface area contributed by atoms with Crippen molar-refractivity contribution >= 4 is 29.0 Å². The molecule has 0 spiro atoms. The highest BCUT2D eigenvalue weighted by Gasteiger charge is 2.25. The quantitative estimate of drug-likeness (QED) is 0.893. The number of aliphatic hydroxyl groups is 1. The Labute approximate surface area is 116 Å². The van der Waals surface area contributed by atoms with Crippen LogP contribution in [0.5, 0.6) is 0 Å². The standard InChI is InChI=1S/C13H19NO2S2/c1-3-13(2,8-15)14-12(16)11-6-9-7-17-5-4-10(9)18-11/h6,15H,3-5,7-8H2,1-2H3,(H,14,16). The number of rotatable bonds is 4. The summed E-state index contributed by atoms with van der Waals surface area (Å²) in [5.74, 6) is 2.11. The van der Waals surface area contributed by atoms with E-state index in [0.29, 0.717) is 0 Å². The number of aliphatic hydroxyl groups excluding tert-OH is 1. The lowest BCUT2D eigenvalue weighted by Crippen LogP contribution is -2.48. The molecule has 2 heterocycles. The van der Waals surface area contributed by atoms with E-state index in [4.69, 9.17) is 0 Å². The average molecular weight is 285 g/mol. The van der Waals surface area contributed by atoms with Crippen molar-refractivity contribution in [3.05, 3.63) is 21.4 Å². The molecule has 1 aromatic rings. The second-order valence-corrected chi connectivity index (χ2v) is 7.13. The monoisotopic (exact) mass is 285 g/mol. The van der Waals surface area contributed by atoms with Crippen molar-refractivity contribution in [3.8, 4) is 0 Å². The fourth-order valence-electron chi connectivity index (χ4n) is 1.83. The van der Waals surface area contributed by atoms with Crippen molar-refractivity contribution in [1.82, 2.24) is 5.32 Å². The van der Waals surface area contributed by atoms with E-state index >= 15 is 0 Å². The summed E-state index contributed by atoms with van der Waals surface area (Å²) in [7, 11) is 0. The highest BCUT2D eigenvalue weighted by Crippen LogP contribution is 2.31. The van der Waals surface area contributed by atoms with Crippen LogP contribution >= 0.6 is 23.1 Å². The topological polar surface area (TPSA) is 49.3 Å². The van der Waals surface area contributed by atoms with E-state index in [2.05, 4.69) is 5.32 Å². The first kappa shape index (κ1) is 13.9. The Hall–Kier alpha value is -0.520. The molecule has 0 saturated heterocycles. The zero-order valence-electron chi connectivity index (χ0n) is 10.8. The Morgan fingerprint density at radius 3 is 3.00 bits per heavy atom. The molecule has 1 amide bonds. The van der Waals surface area contributed by atoms with Gasteiger partial charge in [0.15, 0.2) is 0 Å². The Morgan fingerprint density at radius 1 is 1.61 bits per heavy atom. The molecule has 0 bridgehead atoms. The third-order valence-corrected chi connectivity index (χ3v) is 5.64. The highest BCUT2D eigenvalue weighted by atomic mass is 32.2. The summed E-state index contributed by atoms with van der Waals surface area (Å²) in [6.07, 6.45) is 1.79. The summed E-state index contributed by atoms with van der Waals surface area (Å²) in [6.45, 7) is 3.80. The van der Waals surface area contributed by atoms with E-state index in [1.54, 1.807) is 11.3 Å². The van der Waals surface area contributed by atoms with Crippen molar-refractivity contribution in [2.75, 3.05) is 12.4 Å². The Bertz CT molecular complexity index is 415. The first-order valence-corrected chi connectivity index (χ1v) is 8.18. The number of aryl methyl sites for hydroxylation is 1. The van der Waals surface area contributed by atoms with Crippen LogP contribution < -0.4 is 5.32 Å². The van der Waals surface area contributed by atoms with Crippen LogP contribution in [0, 0.1) is 0 Å². The number of fused-ring (bicyclic) bond motifs is 1. The largest absolute Gasteiger partial charge is 0.394 e. The van der Waals surface area contributed by atoms with Crippen molar-refractivity contribution < 1.29 is 9.90 Å². The van der Waals surface area contributed by atoms with Crippen LogP contribution in [0.25, 0.3) is 0 Å². The van der Waals surface area contributed by atoms with Crippen molar-refractivity contribution in [2.45, 2.75) is 38.0 Å². The first-order valence-electron chi connectivity index (χ1n) is 6.20. The number of thioether (sulfide) groups is 1. The maximum Gasteiger partial charge on any atom is 0.261 e. The van der Waals surface area contributed by atoms with Gasteiger partial charge in [-0.3, -0.25) is 4.79 Å². The number of hydrogen-bond acceptors (Lipinski definition) is 4. The molecule has 0 aromatic carbocycles. The second-order valence-electron chi connectivity index (χ2n) is 4.89. The Balaban J connectivity index is 2.11. The van der Waals surface area contributed by atoms with E-state index in [1.165, 1.54) is 10.4 Å². The number of carbonyl (C=O) groups excluding carboxylic acids is 1. The fraction of sp³-hybridized carbons (Fsp3) is 0.615. The van der Waals surface area contributed by atoms with Crippen LogP contribution in [0.2, 0.25) is 0 Å². The summed E-state index contributed by atoms with van der Waals surface area (Å²) in [4.78, 5) is 14.3. The summed E-state index contributed by atoms with van der Waals surface area (Å²) < 4.78 is 0. The molecule has 100 valence electrons. The van der Waals surface area contributed by atoms with Gasteiger partial charge in [0.2, 0.25) is 0 Å². The molecule has 1 aromatic heterocycles. The minimum atomic E-state index is -0.518. The highest BCUT2D eigenvalue weighted by molar-refractivity contribution is 7.98. The van der Waals surface area contributed by atoms with Crippen molar-refractivity contribution in [3.63, 3.8) is 0 Å². The molecule has 0 aliphatic carbocycles. The lowest BCUT2D eigenvalue weighted by molar-refractivity contribution is 0.0851. The molecule has 5 heteroatoms. The van der Waals surface area contributed by atoms with Crippen LogP contribution in [0.4, 0.5) is 0 Å². The lowest BCUT2D eigenvalue weighted by atomic mass is 10.0. The van der Waals surface area contributed by atoms with Gasteiger partial charge in [-0.25, -0.2) is 0 Å². The Morgan fingerprint density at radius 2 is 2.39 bits per heavy atom. The number of thiophene rings is 1. The van der Waals surface area contributed by atoms with E-state index in [-0.39, 0.29) is 12.5 Å². The normalized spacial score (nSPS) is 17.9. The van der Waals surface area contributed by atoms with Crippen LogP contribution in [0.3, 0.4) is 0 Å². The maximum absolute atomic E-state index is 12.2. The molecular formula is C13H19NO2S2. The van der Waals surface area contributed by atoms with Gasteiger partial charge in [-0.2, -0.15) is 11.8 Å². The van der Waals surface area contributed by atoms with E-state index in [0.717, 1.165) is 29.2 Å². The van der Waals surface area contributed by atoms with Gasteiger partial charge in [0, 0.05) is 10.6 Å². The molecule has 1 unspecified atom stereocenters. The summed E-state index contributed by atoms with van der Waals surface area (Å²) in [5, 5.41) is 12.3. The molecule has 0 fully saturated rings. The number of carbonyl (C=O) groups is 1. The van der Waals surface area contributed by atoms with Gasteiger partial charge in [-0.05, 0) is 37.1 Å². The SMILES string of the molecule is CCC(C)(CO)NC(=O)c1cc2c(s1)CCSC2. The van der Waals surface area contributed by atoms with E-state index < -0.39 is 5.54 Å². The molecule has 18 heavy (non-hydrogen) atoms. The number of hydrogen-bond donors (Lipinski definition) is 2. The van der Waals surface area contributed by atoms with Gasteiger partial charge in [-0.1, -0.05) is 6.92 Å². The smallest absolute Gasteiger partial charge is 0.261 e. The van der Waals surface area contributed by atoms with Gasteiger partial charge in [0.05, 0.1) is 17.0 Å². The van der Waals surface area contributed by atoms with Crippen molar-refractivity contribution in [2.24, 2.45) is 0 Å². The fourth-order valence-corrected chi connectivity index (χ4v) is 4.10. The predicted molar refractivity (Wildman–Crippen MR) is 77.4 cm³/mol. The second kappa shape index (κ2) is 5.63. The van der Waals surface area contributed by atoms with E-state index in [1.807, 2.05) is 31.7 Å². The molecule has 1 aliphatic heterocycles. The molecule has 2 N–H and O–H groups in total. The molecule has 2 rings (SSSR count). The molecule has 1 aliphatic rings. The summed E-state index contributed by atoms with van der Waals surface area (Å²) in [5.41, 5.74) is 0.791.